The standard InChI is InChI=1S/C14H13BrN2O3/c15-10-3-9(14(18)19)4-11(5-10)16-6-12-13(8-1-2-8)20-7-17-12/h3-5,7-8,16H,1-2,6H2,(H,18,19). The summed E-state index contributed by atoms with van der Waals surface area (Å²) in [7, 11) is 0. The van der Waals surface area contributed by atoms with Gasteiger partial charge in [0.2, 0.25) is 0 Å². The van der Waals surface area contributed by atoms with Gasteiger partial charge in [-0.3, -0.25) is 0 Å². The number of halogens is 1. The number of anilines is 1. The maximum Gasteiger partial charge on any atom is 0.335 e. The lowest BCUT2D eigenvalue weighted by Crippen LogP contribution is -2.04. The minimum atomic E-state index is -0.950. The van der Waals surface area contributed by atoms with Gasteiger partial charge in [0.1, 0.15) is 11.5 Å². The number of hydrogen-bond acceptors (Lipinski definition) is 4. The Morgan fingerprint density at radius 1 is 1.45 bits per heavy atom. The first-order chi connectivity index (χ1) is 9.63. The molecule has 2 aromatic rings. The molecule has 0 spiro atoms. The van der Waals surface area contributed by atoms with E-state index in [1.165, 1.54) is 6.39 Å². The number of nitrogens with zero attached hydrogens (tertiary/aromatic N) is 1. The Bertz CT molecular complexity index is 650. The molecule has 1 fully saturated rings. The molecule has 0 amide bonds. The first-order valence-corrected chi connectivity index (χ1v) is 7.13. The highest BCUT2D eigenvalue weighted by Crippen LogP contribution is 2.41. The van der Waals surface area contributed by atoms with E-state index in [1.54, 1.807) is 12.1 Å². The number of oxazole rings is 1. The Morgan fingerprint density at radius 3 is 2.95 bits per heavy atom. The largest absolute Gasteiger partial charge is 0.478 e. The smallest absolute Gasteiger partial charge is 0.335 e. The van der Waals surface area contributed by atoms with E-state index in [2.05, 4.69) is 26.2 Å². The van der Waals surface area contributed by atoms with E-state index in [4.69, 9.17) is 9.52 Å². The van der Waals surface area contributed by atoms with Crippen LogP contribution in [0.1, 0.15) is 40.6 Å². The highest BCUT2D eigenvalue weighted by Gasteiger charge is 2.29. The zero-order valence-corrected chi connectivity index (χ0v) is 12.2. The monoisotopic (exact) mass is 336 g/mol. The van der Waals surface area contributed by atoms with Gasteiger partial charge in [0.05, 0.1) is 12.1 Å². The molecule has 5 nitrogen and oxygen atoms in total. The van der Waals surface area contributed by atoms with Crippen LogP contribution in [0, 0.1) is 0 Å². The molecule has 1 aliphatic rings. The summed E-state index contributed by atoms with van der Waals surface area (Å²) in [4.78, 5) is 15.2. The van der Waals surface area contributed by atoms with Crippen molar-refractivity contribution in [2.75, 3.05) is 5.32 Å². The maximum absolute atomic E-state index is 11.0. The van der Waals surface area contributed by atoms with Crippen LogP contribution >= 0.6 is 15.9 Å². The van der Waals surface area contributed by atoms with Gasteiger partial charge in [0.25, 0.3) is 0 Å². The van der Waals surface area contributed by atoms with Gasteiger partial charge in [-0.15, -0.1) is 0 Å². The zero-order valence-electron chi connectivity index (χ0n) is 10.6. The fourth-order valence-corrected chi connectivity index (χ4v) is 2.58. The second kappa shape index (κ2) is 5.28. The summed E-state index contributed by atoms with van der Waals surface area (Å²) < 4.78 is 6.13. The summed E-state index contributed by atoms with van der Waals surface area (Å²) in [5.41, 5.74) is 1.87. The fraction of sp³-hybridized carbons (Fsp3) is 0.286. The van der Waals surface area contributed by atoms with Crippen LogP contribution in [0.2, 0.25) is 0 Å². The van der Waals surface area contributed by atoms with Gasteiger partial charge < -0.3 is 14.8 Å². The van der Waals surface area contributed by atoms with Crippen molar-refractivity contribution in [1.29, 1.82) is 0 Å². The van der Waals surface area contributed by atoms with Gasteiger partial charge in [0, 0.05) is 16.1 Å². The summed E-state index contributed by atoms with van der Waals surface area (Å²) in [6.07, 6.45) is 3.78. The Morgan fingerprint density at radius 2 is 2.25 bits per heavy atom. The minimum Gasteiger partial charge on any atom is -0.478 e. The highest BCUT2D eigenvalue weighted by molar-refractivity contribution is 9.10. The van der Waals surface area contributed by atoms with Crippen molar-refractivity contribution in [2.45, 2.75) is 25.3 Å². The van der Waals surface area contributed by atoms with Crippen LogP contribution in [0.25, 0.3) is 0 Å². The molecule has 0 unspecified atom stereocenters. The second-order valence-electron chi connectivity index (χ2n) is 4.82. The number of benzene rings is 1. The van der Waals surface area contributed by atoms with Crippen LogP contribution in [0.3, 0.4) is 0 Å². The fourth-order valence-electron chi connectivity index (χ4n) is 2.09. The number of aromatic carboxylic acids is 1. The van der Waals surface area contributed by atoms with Gasteiger partial charge in [-0.25, -0.2) is 9.78 Å². The van der Waals surface area contributed by atoms with Crippen molar-refractivity contribution in [2.24, 2.45) is 0 Å². The molecule has 0 saturated heterocycles. The number of aromatic nitrogens is 1. The van der Waals surface area contributed by atoms with Crippen molar-refractivity contribution in [1.82, 2.24) is 4.98 Å². The Kier molecular flexibility index (Phi) is 3.48. The van der Waals surface area contributed by atoms with E-state index in [9.17, 15) is 4.79 Å². The normalized spacial score (nSPS) is 14.2. The molecule has 0 atom stereocenters. The SMILES string of the molecule is O=C(O)c1cc(Br)cc(NCc2ncoc2C2CC2)c1. The Hall–Kier alpha value is -1.82. The first-order valence-electron chi connectivity index (χ1n) is 6.33. The lowest BCUT2D eigenvalue weighted by atomic mass is 10.2. The summed E-state index contributed by atoms with van der Waals surface area (Å²) in [5.74, 6) is 0.506. The molecule has 6 heteroatoms. The third kappa shape index (κ3) is 2.85. The maximum atomic E-state index is 11.0. The van der Waals surface area contributed by atoms with Crippen LogP contribution in [-0.2, 0) is 6.54 Å². The molecular weight excluding hydrogens is 324 g/mol. The van der Waals surface area contributed by atoms with Crippen molar-refractivity contribution in [3.8, 4) is 0 Å². The van der Waals surface area contributed by atoms with Gasteiger partial charge in [-0.2, -0.15) is 0 Å². The summed E-state index contributed by atoms with van der Waals surface area (Å²) in [5, 5.41) is 12.2. The molecule has 2 N–H and O–H groups in total. The second-order valence-corrected chi connectivity index (χ2v) is 5.74. The van der Waals surface area contributed by atoms with E-state index in [0.29, 0.717) is 12.5 Å². The predicted molar refractivity (Wildman–Crippen MR) is 76.9 cm³/mol. The van der Waals surface area contributed by atoms with E-state index in [0.717, 1.165) is 34.5 Å². The van der Waals surface area contributed by atoms with Gasteiger partial charge in [0.15, 0.2) is 6.39 Å². The van der Waals surface area contributed by atoms with Crippen molar-refractivity contribution >= 4 is 27.6 Å². The van der Waals surface area contributed by atoms with E-state index in [1.807, 2.05) is 6.07 Å². The van der Waals surface area contributed by atoms with Crippen LogP contribution < -0.4 is 5.32 Å². The number of carboxylic acids is 1. The summed E-state index contributed by atoms with van der Waals surface area (Å²) >= 11 is 3.31. The number of carbonyl (C=O) groups is 1. The quantitative estimate of drug-likeness (QED) is 0.871. The zero-order chi connectivity index (χ0) is 14.1. The molecular formula is C14H13BrN2O3. The molecule has 1 aromatic heterocycles. The van der Waals surface area contributed by atoms with Crippen molar-refractivity contribution in [3.05, 3.63) is 46.1 Å². The van der Waals surface area contributed by atoms with E-state index < -0.39 is 5.97 Å². The molecule has 1 heterocycles. The average Bonchev–Trinajstić information content (AvgIpc) is 3.15. The van der Waals surface area contributed by atoms with Crippen LogP contribution in [0.15, 0.2) is 33.5 Å². The molecule has 1 aromatic carbocycles. The van der Waals surface area contributed by atoms with E-state index >= 15 is 0 Å². The lowest BCUT2D eigenvalue weighted by Gasteiger charge is -2.07. The van der Waals surface area contributed by atoms with Crippen molar-refractivity contribution in [3.63, 3.8) is 0 Å². The molecule has 0 bridgehead atoms. The third-order valence-electron chi connectivity index (χ3n) is 3.23. The van der Waals surface area contributed by atoms with Gasteiger partial charge in [-0.1, -0.05) is 15.9 Å². The summed E-state index contributed by atoms with van der Waals surface area (Å²) in [6.45, 7) is 0.526. The van der Waals surface area contributed by atoms with Crippen molar-refractivity contribution < 1.29 is 14.3 Å². The number of carboxylic acid groups (broad SMARTS) is 1. The van der Waals surface area contributed by atoms with Gasteiger partial charge in [-0.05, 0) is 31.0 Å². The third-order valence-corrected chi connectivity index (χ3v) is 3.68. The number of hydrogen-bond donors (Lipinski definition) is 2. The van der Waals surface area contributed by atoms with Crippen LogP contribution in [0.4, 0.5) is 5.69 Å². The molecule has 20 heavy (non-hydrogen) atoms. The van der Waals surface area contributed by atoms with Gasteiger partial charge >= 0.3 is 5.97 Å². The Labute approximate surface area is 124 Å². The summed E-state index contributed by atoms with van der Waals surface area (Å²) in [6, 6.07) is 5.01. The minimum absolute atomic E-state index is 0.240. The lowest BCUT2D eigenvalue weighted by molar-refractivity contribution is 0.0697. The molecule has 3 rings (SSSR count). The molecule has 0 radical (unpaired) electrons. The van der Waals surface area contributed by atoms with Crippen LogP contribution in [0.5, 0.6) is 0 Å². The molecule has 1 saturated carbocycles. The molecule has 1 aliphatic carbocycles. The number of nitrogens with one attached hydrogen (secondary N) is 1. The topological polar surface area (TPSA) is 75.4 Å². The number of rotatable bonds is 5. The average molecular weight is 337 g/mol. The molecule has 104 valence electrons. The van der Waals surface area contributed by atoms with E-state index in [-0.39, 0.29) is 5.56 Å². The predicted octanol–water partition coefficient (Wildman–Crippen LogP) is 3.62. The first kappa shape index (κ1) is 13.2. The Balaban J connectivity index is 1.74. The molecule has 0 aliphatic heterocycles. The van der Waals surface area contributed by atoms with Crippen LogP contribution in [-0.4, -0.2) is 16.1 Å². The highest BCUT2D eigenvalue weighted by atomic mass is 79.9.